The number of benzene rings is 1. The van der Waals surface area contributed by atoms with E-state index in [1.54, 1.807) is 0 Å². The van der Waals surface area contributed by atoms with Gasteiger partial charge in [0.2, 0.25) is 0 Å². The largest absolute Gasteiger partial charge is 0.490 e. The molecule has 0 heterocycles. The van der Waals surface area contributed by atoms with Gasteiger partial charge in [-0.1, -0.05) is 19.1 Å². The van der Waals surface area contributed by atoms with Crippen LogP contribution >= 0.6 is 11.6 Å². The predicted molar refractivity (Wildman–Crippen MR) is 72.2 cm³/mol. The highest BCUT2D eigenvalue weighted by molar-refractivity contribution is 6.20. The minimum Gasteiger partial charge on any atom is -0.490 e. The quantitative estimate of drug-likeness (QED) is 0.684. The van der Waals surface area contributed by atoms with Crippen molar-refractivity contribution < 1.29 is 9.47 Å². The molecule has 2 nitrogen and oxygen atoms in total. The molecule has 0 fully saturated rings. The maximum Gasteiger partial charge on any atom is 0.161 e. The average Bonchev–Trinajstić information content (AvgIpc) is 2.31. The molecule has 2 unspecified atom stereocenters. The summed E-state index contributed by atoms with van der Waals surface area (Å²) in [4.78, 5) is 0. The van der Waals surface area contributed by atoms with Crippen molar-refractivity contribution in [2.75, 3.05) is 13.2 Å². The zero-order valence-corrected chi connectivity index (χ0v) is 11.5. The van der Waals surface area contributed by atoms with Crippen molar-refractivity contribution in [3.8, 4) is 11.5 Å². The third kappa shape index (κ3) is 4.86. The summed E-state index contributed by atoms with van der Waals surface area (Å²) in [5.74, 6) is 2.07. The summed E-state index contributed by atoms with van der Waals surface area (Å²) < 4.78 is 11.2. The number of ether oxygens (including phenoxy) is 2. The lowest BCUT2D eigenvalue weighted by molar-refractivity contribution is 0.257. The number of alkyl halides is 1. The fourth-order valence-electron chi connectivity index (χ4n) is 1.43. The van der Waals surface area contributed by atoms with Crippen molar-refractivity contribution in [3.63, 3.8) is 0 Å². The van der Waals surface area contributed by atoms with Crippen LogP contribution in [0.15, 0.2) is 24.3 Å². The van der Waals surface area contributed by atoms with Crippen LogP contribution in [-0.4, -0.2) is 18.6 Å². The van der Waals surface area contributed by atoms with Crippen molar-refractivity contribution in [2.24, 2.45) is 5.92 Å². The van der Waals surface area contributed by atoms with Gasteiger partial charge in [-0.3, -0.25) is 0 Å². The standard InChI is InChI=1S/C14H21ClO2/c1-4-16-13-7-5-6-8-14(13)17-10-9-11(2)12(3)15/h5-8,11-12H,4,9-10H2,1-3H3. The maximum atomic E-state index is 6.01. The lowest BCUT2D eigenvalue weighted by Crippen LogP contribution is -2.11. The predicted octanol–water partition coefficient (Wildman–Crippen LogP) is 4.12. The van der Waals surface area contributed by atoms with E-state index in [2.05, 4.69) is 6.92 Å². The van der Waals surface area contributed by atoms with Crippen LogP contribution in [0.4, 0.5) is 0 Å². The first-order valence-electron chi connectivity index (χ1n) is 6.13. The molecule has 0 aromatic heterocycles. The first-order valence-corrected chi connectivity index (χ1v) is 6.57. The summed E-state index contributed by atoms with van der Waals surface area (Å²) in [5, 5.41) is 0.181. The summed E-state index contributed by atoms with van der Waals surface area (Å²) in [6.07, 6.45) is 0.950. The van der Waals surface area contributed by atoms with Crippen LogP contribution in [0.2, 0.25) is 0 Å². The molecule has 0 amide bonds. The molecule has 1 rings (SSSR count). The van der Waals surface area contributed by atoms with Crippen LogP contribution in [0.5, 0.6) is 11.5 Å². The van der Waals surface area contributed by atoms with Gasteiger partial charge in [0, 0.05) is 5.38 Å². The summed E-state index contributed by atoms with van der Waals surface area (Å²) in [7, 11) is 0. The van der Waals surface area contributed by atoms with Gasteiger partial charge >= 0.3 is 0 Å². The smallest absolute Gasteiger partial charge is 0.161 e. The molecule has 0 saturated heterocycles. The van der Waals surface area contributed by atoms with Gasteiger partial charge in [0.25, 0.3) is 0 Å². The second-order valence-electron chi connectivity index (χ2n) is 4.17. The Morgan fingerprint density at radius 1 is 1.12 bits per heavy atom. The highest BCUT2D eigenvalue weighted by Gasteiger charge is 2.10. The second-order valence-corrected chi connectivity index (χ2v) is 4.86. The first kappa shape index (κ1) is 14.2. The van der Waals surface area contributed by atoms with E-state index in [9.17, 15) is 0 Å². The molecule has 0 aliphatic rings. The minimum atomic E-state index is 0.181. The topological polar surface area (TPSA) is 18.5 Å². The van der Waals surface area contributed by atoms with Gasteiger partial charge in [-0.15, -0.1) is 11.6 Å². The van der Waals surface area contributed by atoms with Crippen molar-refractivity contribution >= 4 is 11.6 Å². The van der Waals surface area contributed by atoms with Gasteiger partial charge in [0.15, 0.2) is 11.5 Å². The van der Waals surface area contributed by atoms with Gasteiger partial charge in [-0.2, -0.15) is 0 Å². The van der Waals surface area contributed by atoms with E-state index in [0.29, 0.717) is 19.1 Å². The fourth-order valence-corrected chi connectivity index (χ4v) is 1.55. The van der Waals surface area contributed by atoms with Gasteiger partial charge < -0.3 is 9.47 Å². The molecule has 0 aliphatic carbocycles. The van der Waals surface area contributed by atoms with E-state index < -0.39 is 0 Å². The van der Waals surface area contributed by atoms with Gasteiger partial charge in [-0.25, -0.2) is 0 Å². The van der Waals surface area contributed by atoms with E-state index in [1.807, 2.05) is 38.1 Å². The third-order valence-corrected chi connectivity index (χ3v) is 3.19. The van der Waals surface area contributed by atoms with Crippen LogP contribution in [0.25, 0.3) is 0 Å². The van der Waals surface area contributed by atoms with Crippen molar-refractivity contribution in [3.05, 3.63) is 24.3 Å². The lowest BCUT2D eigenvalue weighted by Gasteiger charge is -2.15. The van der Waals surface area contributed by atoms with Gasteiger partial charge in [-0.05, 0) is 38.3 Å². The molecule has 1 aromatic carbocycles. The Labute approximate surface area is 109 Å². The van der Waals surface area contributed by atoms with Crippen LogP contribution < -0.4 is 9.47 Å². The number of hydrogen-bond donors (Lipinski definition) is 0. The van der Waals surface area contributed by atoms with E-state index >= 15 is 0 Å². The molecule has 17 heavy (non-hydrogen) atoms. The van der Waals surface area contributed by atoms with Crippen LogP contribution in [0, 0.1) is 5.92 Å². The lowest BCUT2D eigenvalue weighted by atomic mass is 10.1. The molecule has 0 bridgehead atoms. The summed E-state index contributed by atoms with van der Waals surface area (Å²) in [5.41, 5.74) is 0. The van der Waals surface area contributed by atoms with E-state index in [4.69, 9.17) is 21.1 Å². The number of hydrogen-bond acceptors (Lipinski definition) is 2. The number of halogens is 1. The Bertz CT molecular complexity index is 326. The molecule has 96 valence electrons. The Balaban J connectivity index is 2.45. The molecule has 0 saturated carbocycles. The fraction of sp³-hybridized carbons (Fsp3) is 0.571. The number of para-hydroxylation sites is 2. The van der Waals surface area contributed by atoms with Gasteiger partial charge in [0.05, 0.1) is 13.2 Å². The highest BCUT2D eigenvalue weighted by atomic mass is 35.5. The summed E-state index contributed by atoms with van der Waals surface area (Å²) in [6, 6.07) is 7.75. The zero-order chi connectivity index (χ0) is 12.7. The molecule has 0 radical (unpaired) electrons. The monoisotopic (exact) mass is 256 g/mol. The molecule has 0 spiro atoms. The van der Waals surface area contributed by atoms with Crippen molar-refractivity contribution in [1.29, 1.82) is 0 Å². The Kier molecular flexibility index (Phi) is 6.20. The maximum absolute atomic E-state index is 6.01. The highest BCUT2D eigenvalue weighted by Crippen LogP contribution is 2.26. The van der Waals surface area contributed by atoms with E-state index in [0.717, 1.165) is 17.9 Å². The van der Waals surface area contributed by atoms with Crippen LogP contribution in [0.1, 0.15) is 27.2 Å². The molecular formula is C14H21ClO2. The Morgan fingerprint density at radius 2 is 1.71 bits per heavy atom. The van der Waals surface area contributed by atoms with Crippen LogP contribution in [0.3, 0.4) is 0 Å². The minimum absolute atomic E-state index is 0.181. The summed E-state index contributed by atoms with van der Waals surface area (Å²) in [6.45, 7) is 7.43. The van der Waals surface area contributed by atoms with Gasteiger partial charge in [0.1, 0.15) is 0 Å². The molecule has 0 aliphatic heterocycles. The molecule has 0 N–H and O–H groups in total. The van der Waals surface area contributed by atoms with E-state index in [1.165, 1.54) is 0 Å². The normalized spacial score (nSPS) is 14.1. The average molecular weight is 257 g/mol. The van der Waals surface area contributed by atoms with Crippen molar-refractivity contribution in [2.45, 2.75) is 32.6 Å². The number of rotatable bonds is 7. The SMILES string of the molecule is CCOc1ccccc1OCCC(C)C(C)Cl. The van der Waals surface area contributed by atoms with E-state index in [-0.39, 0.29) is 5.38 Å². The molecule has 1 aromatic rings. The Hall–Kier alpha value is -0.890. The zero-order valence-electron chi connectivity index (χ0n) is 10.8. The summed E-state index contributed by atoms with van der Waals surface area (Å²) >= 11 is 6.01. The van der Waals surface area contributed by atoms with Crippen molar-refractivity contribution in [1.82, 2.24) is 0 Å². The first-order chi connectivity index (χ1) is 8.15. The third-order valence-electron chi connectivity index (χ3n) is 2.76. The molecule has 2 atom stereocenters. The van der Waals surface area contributed by atoms with Crippen LogP contribution in [-0.2, 0) is 0 Å². The molecular weight excluding hydrogens is 236 g/mol. The second kappa shape index (κ2) is 7.44. The molecule has 3 heteroatoms. The Morgan fingerprint density at radius 3 is 2.24 bits per heavy atom.